The molecule has 1 aromatic heterocycles. The van der Waals surface area contributed by atoms with Crippen molar-refractivity contribution < 1.29 is 9.53 Å². The molecule has 0 saturated carbocycles. The van der Waals surface area contributed by atoms with Gasteiger partial charge in [0.1, 0.15) is 11.5 Å². The molecule has 1 aliphatic rings. The summed E-state index contributed by atoms with van der Waals surface area (Å²) in [7, 11) is 1.62. The monoisotopic (exact) mass is 277 g/mol. The van der Waals surface area contributed by atoms with Crippen LogP contribution in [0.5, 0.6) is 5.75 Å². The van der Waals surface area contributed by atoms with E-state index in [1.807, 2.05) is 6.92 Å². The number of hydrogen-bond acceptors (Lipinski definition) is 3. The summed E-state index contributed by atoms with van der Waals surface area (Å²) < 4.78 is 5.40. The number of hydrogen-bond donors (Lipinski definition) is 1. The predicted octanol–water partition coefficient (Wildman–Crippen LogP) is 2.56. The summed E-state index contributed by atoms with van der Waals surface area (Å²) in [6, 6.07) is 0. The zero-order chi connectivity index (χ0) is 14.7. The zero-order valence-electron chi connectivity index (χ0n) is 12.5. The van der Waals surface area contributed by atoms with Crippen molar-refractivity contribution in [1.82, 2.24) is 4.98 Å². The van der Waals surface area contributed by atoms with E-state index in [0.717, 1.165) is 48.3 Å². The van der Waals surface area contributed by atoms with Crippen LogP contribution in [-0.4, -0.2) is 17.9 Å². The van der Waals surface area contributed by atoms with Crippen molar-refractivity contribution in [3.63, 3.8) is 0 Å². The molecule has 0 spiro atoms. The molecule has 4 heteroatoms. The highest BCUT2D eigenvalue weighted by atomic mass is 16.5. The molecular formula is C16H23NO3. The van der Waals surface area contributed by atoms with Gasteiger partial charge in [-0.1, -0.05) is 13.3 Å². The minimum absolute atomic E-state index is 0.00237. The van der Waals surface area contributed by atoms with Crippen molar-refractivity contribution in [2.75, 3.05) is 7.11 Å². The number of fused-ring (bicyclic) bond motifs is 1. The number of methoxy groups -OCH3 is 1. The molecular weight excluding hydrogens is 254 g/mol. The lowest BCUT2D eigenvalue weighted by atomic mass is 9.80. The lowest BCUT2D eigenvalue weighted by molar-refractivity contribution is -0.123. The molecule has 0 saturated heterocycles. The molecule has 1 atom stereocenters. The summed E-state index contributed by atoms with van der Waals surface area (Å²) in [5.74, 6) is 1.08. The van der Waals surface area contributed by atoms with Gasteiger partial charge in [-0.2, -0.15) is 0 Å². The van der Waals surface area contributed by atoms with Gasteiger partial charge in [0.25, 0.3) is 5.56 Å². The van der Waals surface area contributed by atoms with E-state index in [1.165, 1.54) is 0 Å². The van der Waals surface area contributed by atoms with Gasteiger partial charge in [0.2, 0.25) is 0 Å². The number of aromatic amines is 1. The van der Waals surface area contributed by atoms with Crippen LogP contribution in [0.4, 0.5) is 0 Å². The number of aromatic nitrogens is 1. The van der Waals surface area contributed by atoms with Crippen LogP contribution in [0.1, 0.15) is 49.4 Å². The lowest BCUT2D eigenvalue weighted by Gasteiger charge is -2.25. The smallest absolute Gasteiger partial charge is 0.251 e. The molecule has 0 aromatic carbocycles. The SMILES string of the molecule is CCCCC(=O)C1CCc2c(OC)c(C)[nH]c(=O)c2C1. The molecule has 2 rings (SSSR count). The van der Waals surface area contributed by atoms with E-state index >= 15 is 0 Å². The summed E-state index contributed by atoms with van der Waals surface area (Å²) in [4.78, 5) is 27.1. The first kappa shape index (κ1) is 14.8. The van der Waals surface area contributed by atoms with E-state index in [2.05, 4.69) is 11.9 Å². The number of carbonyl (C=O) groups excluding carboxylic acids is 1. The van der Waals surface area contributed by atoms with Crippen molar-refractivity contribution in [2.24, 2.45) is 5.92 Å². The molecule has 1 heterocycles. The Morgan fingerprint density at radius 1 is 1.40 bits per heavy atom. The number of nitrogens with one attached hydrogen (secondary N) is 1. The Morgan fingerprint density at radius 2 is 2.15 bits per heavy atom. The Morgan fingerprint density at radius 3 is 2.80 bits per heavy atom. The third kappa shape index (κ3) is 2.79. The van der Waals surface area contributed by atoms with Crippen LogP contribution in [0.3, 0.4) is 0 Å². The Labute approximate surface area is 119 Å². The quantitative estimate of drug-likeness (QED) is 0.899. The fourth-order valence-electron chi connectivity index (χ4n) is 3.06. The molecule has 1 aromatic rings. The standard InChI is InChI=1S/C16H23NO3/c1-4-5-6-14(18)11-7-8-12-13(9-11)16(19)17-10(2)15(12)20-3/h11H,4-9H2,1-3H3,(H,17,19). The van der Waals surface area contributed by atoms with Crippen LogP contribution in [0.15, 0.2) is 4.79 Å². The van der Waals surface area contributed by atoms with Gasteiger partial charge in [0.15, 0.2) is 0 Å². The Kier molecular flexibility index (Phi) is 4.63. The predicted molar refractivity (Wildman–Crippen MR) is 78.4 cm³/mol. The van der Waals surface area contributed by atoms with Gasteiger partial charge in [-0.15, -0.1) is 0 Å². The number of unbranched alkanes of at least 4 members (excludes halogenated alkanes) is 1. The highest BCUT2D eigenvalue weighted by Crippen LogP contribution is 2.32. The average molecular weight is 277 g/mol. The van der Waals surface area contributed by atoms with Crippen LogP contribution in [0, 0.1) is 12.8 Å². The van der Waals surface area contributed by atoms with Gasteiger partial charge in [-0.05, 0) is 32.6 Å². The Hall–Kier alpha value is -1.58. The Bertz CT molecular complexity index is 560. The van der Waals surface area contributed by atoms with Crippen LogP contribution >= 0.6 is 0 Å². The van der Waals surface area contributed by atoms with Crippen molar-refractivity contribution >= 4 is 5.78 Å². The molecule has 1 unspecified atom stereocenters. The molecule has 0 aliphatic heterocycles. The summed E-state index contributed by atoms with van der Waals surface area (Å²) in [6.07, 6.45) is 4.75. The summed E-state index contributed by atoms with van der Waals surface area (Å²) in [5.41, 5.74) is 2.44. The number of Topliss-reactive ketones (excluding diaryl/α,β-unsaturated/α-hetero) is 1. The molecule has 20 heavy (non-hydrogen) atoms. The van der Waals surface area contributed by atoms with E-state index in [4.69, 9.17) is 4.74 Å². The van der Waals surface area contributed by atoms with E-state index < -0.39 is 0 Å². The second kappa shape index (κ2) is 6.25. The van der Waals surface area contributed by atoms with Crippen LogP contribution in [0.2, 0.25) is 0 Å². The molecule has 0 radical (unpaired) electrons. The number of ketones is 1. The van der Waals surface area contributed by atoms with Crippen LogP contribution in [0.25, 0.3) is 0 Å². The fraction of sp³-hybridized carbons (Fsp3) is 0.625. The topological polar surface area (TPSA) is 59.2 Å². The van der Waals surface area contributed by atoms with Gasteiger partial charge in [0, 0.05) is 23.5 Å². The van der Waals surface area contributed by atoms with E-state index in [-0.39, 0.29) is 11.5 Å². The maximum atomic E-state index is 12.2. The summed E-state index contributed by atoms with van der Waals surface area (Å²) in [5, 5.41) is 0. The molecule has 0 bridgehead atoms. The molecule has 4 nitrogen and oxygen atoms in total. The first-order valence-electron chi connectivity index (χ1n) is 7.39. The van der Waals surface area contributed by atoms with Crippen molar-refractivity contribution in [2.45, 2.75) is 52.4 Å². The second-order valence-corrected chi connectivity index (χ2v) is 5.58. The van der Waals surface area contributed by atoms with Crippen molar-refractivity contribution in [3.05, 3.63) is 27.2 Å². The second-order valence-electron chi connectivity index (χ2n) is 5.58. The number of ether oxygens (including phenoxy) is 1. The van der Waals surface area contributed by atoms with E-state index in [9.17, 15) is 9.59 Å². The first-order chi connectivity index (χ1) is 9.58. The average Bonchev–Trinajstić information content (AvgIpc) is 2.45. The van der Waals surface area contributed by atoms with Gasteiger partial charge in [-0.25, -0.2) is 0 Å². The van der Waals surface area contributed by atoms with Crippen LogP contribution < -0.4 is 10.3 Å². The zero-order valence-corrected chi connectivity index (χ0v) is 12.5. The molecule has 0 amide bonds. The molecule has 1 N–H and O–H groups in total. The van der Waals surface area contributed by atoms with Gasteiger partial charge in [0.05, 0.1) is 12.8 Å². The minimum Gasteiger partial charge on any atom is -0.495 e. The maximum Gasteiger partial charge on any atom is 0.251 e. The Balaban J connectivity index is 2.26. The number of pyridine rings is 1. The first-order valence-corrected chi connectivity index (χ1v) is 7.39. The van der Waals surface area contributed by atoms with Gasteiger partial charge < -0.3 is 9.72 Å². The summed E-state index contributed by atoms with van der Waals surface area (Å²) >= 11 is 0. The highest BCUT2D eigenvalue weighted by molar-refractivity contribution is 5.81. The summed E-state index contributed by atoms with van der Waals surface area (Å²) in [6.45, 7) is 3.93. The van der Waals surface area contributed by atoms with Crippen molar-refractivity contribution in [1.29, 1.82) is 0 Å². The van der Waals surface area contributed by atoms with Gasteiger partial charge >= 0.3 is 0 Å². The molecule has 110 valence electrons. The number of aryl methyl sites for hydroxylation is 1. The maximum absolute atomic E-state index is 12.2. The number of H-pyrrole nitrogens is 1. The van der Waals surface area contributed by atoms with Gasteiger partial charge in [-0.3, -0.25) is 9.59 Å². The lowest BCUT2D eigenvalue weighted by Crippen LogP contribution is -2.29. The highest BCUT2D eigenvalue weighted by Gasteiger charge is 2.28. The molecule has 1 aliphatic carbocycles. The molecule has 0 fully saturated rings. The normalized spacial score (nSPS) is 17.6. The number of rotatable bonds is 5. The third-order valence-corrected chi connectivity index (χ3v) is 4.18. The largest absolute Gasteiger partial charge is 0.495 e. The van der Waals surface area contributed by atoms with Crippen molar-refractivity contribution in [3.8, 4) is 5.75 Å². The van der Waals surface area contributed by atoms with E-state index in [0.29, 0.717) is 18.6 Å². The van der Waals surface area contributed by atoms with Crippen LogP contribution in [-0.2, 0) is 17.6 Å². The van der Waals surface area contributed by atoms with E-state index in [1.54, 1.807) is 7.11 Å². The minimum atomic E-state index is -0.0636. The number of carbonyl (C=O) groups is 1. The third-order valence-electron chi connectivity index (χ3n) is 4.18. The fourth-order valence-corrected chi connectivity index (χ4v) is 3.06.